The van der Waals surface area contributed by atoms with E-state index >= 15 is 0 Å². The standard InChI is InChI=1S/C16H15N3O2S/c1-3-21-16(20)19-12-7-6-11(9-10(12)2)14-18-13-5-4-8-17-15(13)22-14/h4-9H,3H2,1-2H3,(H,19,20). The number of nitrogens with one attached hydrogen (secondary N) is 1. The van der Waals surface area contributed by atoms with Crippen LogP contribution in [-0.4, -0.2) is 22.7 Å². The molecule has 22 heavy (non-hydrogen) atoms. The number of carbonyl (C=O) groups is 1. The van der Waals surface area contributed by atoms with E-state index in [1.165, 1.54) is 0 Å². The first kappa shape index (κ1) is 14.5. The Hall–Kier alpha value is -2.47. The second-order valence-electron chi connectivity index (χ2n) is 4.72. The van der Waals surface area contributed by atoms with Crippen LogP contribution in [0.2, 0.25) is 0 Å². The summed E-state index contributed by atoms with van der Waals surface area (Å²) in [7, 11) is 0. The van der Waals surface area contributed by atoms with Gasteiger partial charge in [-0.05, 0) is 49.7 Å². The Bertz CT molecular complexity index is 796. The molecule has 6 heteroatoms. The van der Waals surface area contributed by atoms with Gasteiger partial charge in [0, 0.05) is 17.4 Å². The molecule has 0 atom stereocenters. The van der Waals surface area contributed by atoms with Gasteiger partial charge in [-0.15, -0.1) is 0 Å². The number of benzene rings is 1. The van der Waals surface area contributed by atoms with E-state index in [4.69, 9.17) is 4.74 Å². The lowest BCUT2D eigenvalue weighted by Gasteiger charge is -2.09. The molecular formula is C16H15N3O2S. The van der Waals surface area contributed by atoms with Crippen molar-refractivity contribution in [3.63, 3.8) is 0 Å². The minimum Gasteiger partial charge on any atom is -0.450 e. The van der Waals surface area contributed by atoms with E-state index in [1.54, 1.807) is 24.5 Å². The van der Waals surface area contributed by atoms with Crippen molar-refractivity contribution in [2.45, 2.75) is 13.8 Å². The summed E-state index contributed by atoms with van der Waals surface area (Å²) in [6.07, 6.45) is 1.32. The zero-order valence-electron chi connectivity index (χ0n) is 12.3. The van der Waals surface area contributed by atoms with E-state index in [-0.39, 0.29) is 0 Å². The van der Waals surface area contributed by atoms with Crippen molar-refractivity contribution in [1.82, 2.24) is 9.97 Å². The second-order valence-corrected chi connectivity index (χ2v) is 5.70. The molecule has 0 saturated carbocycles. The molecule has 0 saturated heterocycles. The molecule has 0 radical (unpaired) electrons. The molecule has 1 amide bonds. The number of amides is 1. The molecule has 0 aliphatic heterocycles. The molecule has 0 fully saturated rings. The fourth-order valence-electron chi connectivity index (χ4n) is 2.11. The van der Waals surface area contributed by atoms with Gasteiger partial charge in [0.1, 0.15) is 15.4 Å². The number of ether oxygens (including phenoxy) is 1. The molecule has 0 unspecified atom stereocenters. The van der Waals surface area contributed by atoms with Crippen molar-refractivity contribution < 1.29 is 9.53 Å². The third-order valence-electron chi connectivity index (χ3n) is 3.15. The predicted octanol–water partition coefficient (Wildman–Crippen LogP) is 4.24. The molecule has 2 aromatic heterocycles. The Kier molecular flexibility index (Phi) is 4.02. The average Bonchev–Trinajstić information content (AvgIpc) is 2.93. The Balaban J connectivity index is 1.89. The Morgan fingerprint density at radius 3 is 2.95 bits per heavy atom. The Labute approximate surface area is 132 Å². The summed E-state index contributed by atoms with van der Waals surface area (Å²) in [6, 6.07) is 9.63. The summed E-state index contributed by atoms with van der Waals surface area (Å²) in [5.74, 6) is 0. The molecule has 0 aliphatic carbocycles. The van der Waals surface area contributed by atoms with Gasteiger partial charge in [0.2, 0.25) is 0 Å². The summed E-state index contributed by atoms with van der Waals surface area (Å²) < 4.78 is 4.89. The Morgan fingerprint density at radius 2 is 2.23 bits per heavy atom. The van der Waals surface area contributed by atoms with Gasteiger partial charge in [0.15, 0.2) is 0 Å². The number of pyridine rings is 1. The molecule has 3 rings (SSSR count). The first-order valence-corrected chi connectivity index (χ1v) is 7.75. The second kappa shape index (κ2) is 6.11. The SMILES string of the molecule is CCOC(=O)Nc1ccc(-c2nc3cccnc3s2)cc1C. The van der Waals surface area contributed by atoms with Crippen LogP contribution in [-0.2, 0) is 4.74 Å². The summed E-state index contributed by atoms with van der Waals surface area (Å²) in [5.41, 5.74) is 3.60. The summed E-state index contributed by atoms with van der Waals surface area (Å²) in [4.78, 5) is 21.3. The summed E-state index contributed by atoms with van der Waals surface area (Å²) in [6.45, 7) is 4.06. The van der Waals surface area contributed by atoms with E-state index in [2.05, 4.69) is 15.3 Å². The first-order chi connectivity index (χ1) is 10.7. The van der Waals surface area contributed by atoms with E-state index in [1.807, 2.05) is 37.3 Å². The number of anilines is 1. The maximum Gasteiger partial charge on any atom is 0.411 e. The van der Waals surface area contributed by atoms with Gasteiger partial charge in [-0.1, -0.05) is 11.3 Å². The van der Waals surface area contributed by atoms with Gasteiger partial charge in [0.25, 0.3) is 0 Å². The number of aryl methyl sites for hydroxylation is 1. The van der Waals surface area contributed by atoms with Gasteiger partial charge in [0.05, 0.1) is 6.61 Å². The van der Waals surface area contributed by atoms with Crippen molar-refractivity contribution in [2.75, 3.05) is 11.9 Å². The van der Waals surface area contributed by atoms with Crippen molar-refractivity contribution in [1.29, 1.82) is 0 Å². The lowest BCUT2D eigenvalue weighted by molar-refractivity contribution is 0.168. The molecule has 1 N–H and O–H groups in total. The topological polar surface area (TPSA) is 64.1 Å². The van der Waals surface area contributed by atoms with E-state index in [9.17, 15) is 4.79 Å². The summed E-state index contributed by atoms with van der Waals surface area (Å²) >= 11 is 1.55. The largest absolute Gasteiger partial charge is 0.450 e. The van der Waals surface area contributed by atoms with E-state index in [0.29, 0.717) is 6.61 Å². The van der Waals surface area contributed by atoms with Crippen LogP contribution < -0.4 is 5.32 Å². The summed E-state index contributed by atoms with van der Waals surface area (Å²) in [5, 5.41) is 3.64. The van der Waals surface area contributed by atoms with Crippen LogP contribution >= 0.6 is 11.3 Å². The smallest absolute Gasteiger partial charge is 0.411 e. The monoisotopic (exact) mass is 313 g/mol. The van der Waals surface area contributed by atoms with Crippen LogP contribution in [0.15, 0.2) is 36.5 Å². The van der Waals surface area contributed by atoms with Crippen LogP contribution in [0.25, 0.3) is 20.9 Å². The molecule has 0 spiro atoms. The molecule has 3 aromatic rings. The van der Waals surface area contributed by atoms with Crippen molar-refractivity contribution in [3.05, 3.63) is 42.1 Å². The zero-order chi connectivity index (χ0) is 15.5. The van der Waals surface area contributed by atoms with Gasteiger partial charge in [-0.3, -0.25) is 5.32 Å². The van der Waals surface area contributed by atoms with Crippen molar-refractivity contribution in [3.8, 4) is 10.6 Å². The highest BCUT2D eigenvalue weighted by Crippen LogP contribution is 2.30. The molecule has 5 nitrogen and oxygen atoms in total. The number of rotatable bonds is 3. The van der Waals surface area contributed by atoms with Crippen molar-refractivity contribution in [2.24, 2.45) is 0 Å². The molecule has 2 heterocycles. The molecule has 112 valence electrons. The fraction of sp³-hybridized carbons (Fsp3) is 0.188. The highest BCUT2D eigenvalue weighted by molar-refractivity contribution is 7.21. The van der Waals surface area contributed by atoms with Crippen molar-refractivity contribution >= 4 is 33.5 Å². The first-order valence-electron chi connectivity index (χ1n) is 6.93. The molecular weight excluding hydrogens is 298 g/mol. The van der Waals surface area contributed by atoms with Gasteiger partial charge < -0.3 is 4.74 Å². The number of nitrogens with zero attached hydrogens (tertiary/aromatic N) is 2. The Morgan fingerprint density at radius 1 is 1.36 bits per heavy atom. The molecule has 0 bridgehead atoms. The maximum absolute atomic E-state index is 11.5. The number of thiazole rings is 1. The maximum atomic E-state index is 11.5. The zero-order valence-corrected chi connectivity index (χ0v) is 13.1. The molecule has 0 aliphatic rings. The van der Waals surface area contributed by atoms with Crippen LogP contribution in [0.3, 0.4) is 0 Å². The normalized spacial score (nSPS) is 10.6. The number of fused-ring (bicyclic) bond motifs is 1. The number of hydrogen-bond acceptors (Lipinski definition) is 5. The fourth-order valence-corrected chi connectivity index (χ4v) is 3.01. The quantitative estimate of drug-likeness (QED) is 0.785. The number of hydrogen-bond donors (Lipinski definition) is 1. The number of carbonyl (C=O) groups excluding carboxylic acids is 1. The average molecular weight is 313 g/mol. The van der Waals surface area contributed by atoms with E-state index < -0.39 is 6.09 Å². The van der Waals surface area contributed by atoms with Gasteiger partial charge >= 0.3 is 6.09 Å². The minimum atomic E-state index is -0.442. The highest BCUT2D eigenvalue weighted by Gasteiger charge is 2.10. The predicted molar refractivity (Wildman–Crippen MR) is 88.2 cm³/mol. The van der Waals surface area contributed by atoms with Gasteiger partial charge in [-0.25, -0.2) is 14.8 Å². The number of aromatic nitrogens is 2. The molecule has 1 aromatic carbocycles. The third kappa shape index (κ3) is 2.92. The third-order valence-corrected chi connectivity index (χ3v) is 4.18. The van der Waals surface area contributed by atoms with Gasteiger partial charge in [-0.2, -0.15) is 0 Å². The van der Waals surface area contributed by atoms with Crippen LogP contribution in [0.5, 0.6) is 0 Å². The van der Waals surface area contributed by atoms with Crippen LogP contribution in [0.4, 0.5) is 10.5 Å². The lowest BCUT2D eigenvalue weighted by Crippen LogP contribution is -2.14. The highest BCUT2D eigenvalue weighted by atomic mass is 32.1. The van der Waals surface area contributed by atoms with E-state index in [0.717, 1.165) is 32.2 Å². The van der Waals surface area contributed by atoms with Crippen LogP contribution in [0, 0.1) is 6.92 Å². The van der Waals surface area contributed by atoms with Crippen LogP contribution in [0.1, 0.15) is 12.5 Å². The minimum absolute atomic E-state index is 0.349. The lowest BCUT2D eigenvalue weighted by atomic mass is 10.1.